The van der Waals surface area contributed by atoms with Crippen LogP contribution in [0.5, 0.6) is 0 Å². The standard InChI is InChI=1S/C21H18N4/c1-24-13-12-23-21(24)15-9-10-17-16-6-2-3-7-18(16)25(19(17)14-15)20-8-4-5-11-22-20/h2-14,21,23H,1H3. The van der Waals surface area contributed by atoms with Crippen molar-refractivity contribution in [1.82, 2.24) is 19.8 Å². The van der Waals surface area contributed by atoms with Crippen LogP contribution in [0.3, 0.4) is 0 Å². The highest BCUT2D eigenvalue weighted by Gasteiger charge is 2.19. The minimum atomic E-state index is 0.166. The van der Waals surface area contributed by atoms with Gasteiger partial charge in [-0.25, -0.2) is 4.98 Å². The lowest BCUT2D eigenvalue weighted by Crippen LogP contribution is -2.23. The summed E-state index contributed by atoms with van der Waals surface area (Å²) in [6.07, 6.45) is 6.06. The van der Waals surface area contributed by atoms with Gasteiger partial charge in [-0.15, -0.1) is 0 Å². The molecule has 3 heterocycles. The van der Waals surface area contributed by atoms with Crippen molar-refractivity contribution < 1.29 is 0 Å². The number of fused-ring (bicyclic) bond motifs is 3. The minimum Gasteiger partial charge on any atom is -0.366 e. The zero-order valence-corrected chi connectivity index (χ0v) is 13.9. The van der Waals surface area contributed by atoms with Crippen molar-refractivity contribution in [2.24, 2.45) is 0 Å². The molecule has 1 aliphatic heterocycles. The van der Waals surface area contributed by atoms with E-state index >= 15 is 0 Å². The van der Waals surface area contributed by atoms with E-state index in [4.69, 9.17) is 0 Å². The molecule has 0 radical (unpaired) electrons. The van der Waals surface area contributed by atoms with Crippen LogP contribution in [0.15, 0.2) is 79.3 Å². The molecule has 1 unspecified atom stereocenters. The molecule has 0 fully saturated rings. The molecule has 25 heavy (non-hydrogen) atoms. The molecular formula is C21H18N4. The van der Waals surface area contributed by atoms with Gasteiger partial charge in [-0.2, -0.15) is 0 Å². The molecule has 122 valence electrons. The third-order valence-electron chi connectivity index (χ3n) is 4.86. The van der Waals surface area contributed by atoms with Gasteiger partial charge in [0.05, 0.1) is 11.0 Å². The van der Waals surface area contributed by atoms with Gasteiger partial charge in [-0.3, -0.25) is 4.57 Å². The summed E-state index contributed by atoms with van der Waals surface area (Å²) < 4.78 is 2.25. The highest BCUT2D eigenvalue weighted by Crippen LogP contribution is 2.33. The molecule has 2 aromatic carbocycles. The summed E-state index contributed by atoms with van der Waals surface area (Å²) in [6.45, 7) is 0. The number of pyridine rings is 1. The second kappa shape index (κ2) is 5.38. The Morgan fingerprint density at radius 2 is 1.76 bits per heavy atom. The Morgan fingerprint density at radius 3 is 2.56 bits per heavy atom. The van der Waals surface area contributed by atoms with E-state index in [9.17, 15) is 0 Å². The molecule has 0 amide bonds. The Bertz CT molecular complexity index is 1090. The van der Waals surface area contributed by atoms with Gasteiger partial charge in [0.15, 0.2) is 0 Å². The van der Waals surface area contributed by atoms with Gasteiger partial charge in [-0.1, -0.05) is 36.4 Å². The lowest BCUT2D eigenvalue weighted by Gasteiger charge is -2.21. The second-order valence-corrected chi connectivity index (χ2v) is 6.37. The summed E-state index contributed by atoms with van der Waals surface area (Å²) in [5.74, 6) is 0.941. The topological polar surface area (TPSA) is 33.1 Å². The monoisotopic (exact) mass is 326 g/mol. The van der Waals surface area contributed by atoms with E-state index < -0.39 is 0 Å². The van der Waals surface area contributed by atoms with Crippen LogP contribution in [0.1, 0.15) is 11.7 Å². The molecule has 0 saturated heterocycles. The van der Waals surface area contributed by atoms with Crippen molar-refractivity contribution in [3.8, 4) is 5.82 Å². The van der Waals surface area contributed by atoms with Gasteiger partial charge in [0.2, 0.25) is 0 Å². The summed E-state index contributed by atoms with van der Waals surface area (Å²) in [5.41, 5.74) is 3.60. The van der Waals surface area contributed by atoms with E-state index in [0.29, 0.717) is 0 Å². The van der Waals surface area contributed by atoms with Crippen LogP contribution >= 0.6 is 0 Å². The molecule has 4 aromatic rings. The first-order valence-corrected chi connectivity index (χ1v) is 8.42. The predicted octanol–water partition coefficient (Wildman–Crippen LogP) is 4.18. The van der Waals surface area contributed by atoms with Crippen LogP contribution in [-0.4, -0.2) is 21.5 Å². The molecule has 1 atom stereocenters. The van der Waals surface area contributed by atoms with Gasteiger partial charge in [0.25, 0.3) is 0 Å². The lowest BCUT2D eigenvalue weighted by molar-refractivity contribution is 0.340. The number of benzene rings is 2. The fourth-order valence-electron chi connectivity index (χ4n) is 3.68. The highest BCUT2D eigenvalue weighted by atomic mass is 15.3. The van der Waals surface area contributed by atoms with Crippen molar-refractivity contribution in [3.05, 3.63) is 84.8 Å². The second-order valence-electron chi connectivity index (χ2n) is 6.37. The molecule has 1 N–H and O–H groups in total. The van der Waals surface area contributed by atoms with Crippen LogP contribution in [0, 0.1) is 0 Å². The maximum absolute atomic E-state index is 4.59. The van der Waals surface area contributed by atoms with Gasteiger partial charge in [0.1, 0.15) is 12.0 Å². The van der Waals surface area contributed by atoms with E-state index in [0.717, 1.165) is 5.82 Å². The fraction of sp³-hybridized carbons (Fsp3) is 0.0952. The number of nitrogens with zero attached hydrogens (tertiary/aromatic N) is 3. The van der Waals surface area contributed by atoms with Crippen LogP contribution in [0.2, 0.25) is 0 Å². The maximum Gasteiger partial charge on any atom is 0.137 e. The summed E-state index contributed by atoms with van der Waals surface area (Å²) in [6, 6.07) is 21.2. The van der Waals surface area contributed by atoms with E-state index in [1.54, 1.807) is 0 Å². The van der Waals surface area contributed by atoms with Crippen molar-refractivity contribution in [2.45, 2.75) is 6.17 Å². The first-order chi connectivity index (χ1) is 12.3. The summed E-state index contributed by atoms with van der Waals surface area (Å²) in [7, 11) is 2.08. The first kappa shape index (κ1) is 14.1. The molecule has 0 spiro atoms. The quantitative estimate of drug-likeness (QED) is 0.600. The third kappa shape index (κ3) is 2.11. The van der Waals surface area contributed by atoms with Crippen LogP contribution < -0.4 is 5.32 Å². The average molecular weight is 326 g/mol. The predicted molar refractivity (Wildman–Crippen MR) is 101 cm³/mol. The Morgan fingerprint density at radius 1 is 0.920 bits per heavy atom. The molecule has 0 saturated carbocycles. The summed E-state index contributed by atoms with van der Waals surface area (Å²) in [4.78, 5) is 6.76. The molecule has 5 rings (SSSR count). The Hall–Kier alpha value is -3.27. The molecular weight excluding hydrogens is 308 g/mol. The molecule has 0 aliphatic carbocycles. The van der Waals surface area contributed by atoms with Crippen molar-refractivity contribution >= 4 is 21.8 Å². The Kier molecular flexibility index (Phi) is 3.04. The lowest BCUT2D eigenvalue weighted by atomic mass is 10.1. The Balaban J connectivity index is 1.82. The van der Waals surface area contributed by atoms with Gasteiger partial charge in [-0.05, 0) is 29.8 Å². The zero-order chi connectivity index (χ0) is 16.8. The number of hydrogen-bond donors (Lipinski definition) is 1. The van der Waals surface area contributed by atoms with Crippen molar-refractivity contribution in [2.75, 3.05) is 7.05 Å². The van der Waals surface area contributed by atoms with Crippen molar-refractivity contribution in [1.29, 1.82) is 0 Å². The molecule has 4 heteroatoms. The normalized spacial score (nSPS) is 16.7. The number of aromatic nitrogens is 2. The fourth-order valence-corrected chi connectivity index (χ4v) is 3.68. The largest absolute Gasteiger partial charge is 0.366 e. The van der Waals surface area contributed by atoms with E-state index in [2.05, 4.69) is 81.5 Å². The molecule has 1 aliphatic rings. The van der Waals surface area contributed by atoms with Crippen LogP contribution in [-0.2, 0) is 0 Å². The first-order valence-electron chi connectivity index (χ1n) is 8.42. The number of para-hydroxylation sites is 1. The van der Waals surface area contributed by atoms with Gasteiger partial charge < -0.3 is 10.2 Å². The smallest absolute Gasteiger partial charge is 0.137 e. The minimum absolute atomic E-state index is 0.166. The van der Waals surface area contributed by atoms with E-state index in [-0.39, 0.29) is 6.17 Å². The molecule has 4 nitrogen and oxygen atoms in total. The number of rotatable bonds is 2. The van der Waals surface area contributed by atoms with Crippen molar-refractivity contribution in [3.63, 3.8) is 0 Å². The van der Waals surface area contributed by atoms with Crippen LogP contribution in [0.4, 0.5) is 0 Å². The molecule has 0 bridgehead atoms. The average Bonchev–Trinajstić information content (AvgIpc) is 3.23. The van der Waals surface area contributed by atoms with E-state index in [1.165, 1.54) is 27.4 Å². The highest BCUT2D eigenvalue weighted by molar-refractivity contribution is 6.09. The van der Waals surface area contributed by atoms with E-state index in [1.807, 2.05) is 24.5 Å². The number of nitrogens with one attached hydrogen (secondary N) is 1. The molecule has 2 aromatic heterocycles. The summed E-state index contributed by atoms with van der Waals surface area (Å²) >= 11 is 0. The summed E-state index contributed by atoms with van der Waals surface area (Å²) in [5, 5.41) is 5.90. The SMILES string of the molecule is CN1C=CNC1c1ccc2c3ccccc3n(-c3ccccn3)c2c1. The zero-order valence-electron chi connectivity index (χ0n) is 13.9. The van der Waals surface area contributed by atoms with Gasteiger partial charge >= 0.3 is 0 Å². The maximum atomic E-state index is 4.59. The van der Waals surface area contributed by atoms with Crippen LogP contribution in [0.25, 0.3) is 27.6 Å². The Labute approximate surface area is 146 Å². The number of hydrogen-bond acceptors (Lipinski definition) is 3. The van der Waals surface area contributed by atoms with Gasteiger partial charge in [0, 0.05) is 36.4 Å². The third-order valence-corrected chi connectivity index (χ3v) is 4.86.